The summed E-state index contributed by atoms with van der Waals surface area (Å²) in [7, 11) is 0. The monoisotopic (exact) mass is 222 g/mol. The van der Waals surface area contributed by atoms with Crippen LogP contribution in [0, 0.1) is 0 Å². The van der Waals surface area contributed by atoms with Crippen LogP contribution in [0.3, 0.4) is 0 Å². The quantitative estimate of drug-likeness (QED) is 0.674. The Balaban J connectivity index is 2.56. The van der Waals surface area contributed by atoms with E-state index < -0.39 is 0 Å². The maximum atomic E-state index is 4.02. The Morgan fingerprint density at radius 1 is 1.00 bits per heavy atom. The van der Waals surface area contributed by atoms with Crippen LogP contribution < -0.4 is 0 Å². The molecule has 0 aromatic rings. The van der Waals surface area contributed by atoms with Crippen molar-refractivity contribution in [1.29, 1.82) is 0 Å². The van der Waals surface area contributed by atoms with Crippen LogP contribution in [0.1, 0.15) is 27.7 Å². The molecule has 92 valence electrons. The Kier molecular flexibility index (Phi) is 4.75. The van der Waals surface area contributed by atoms with E-state index >= 15 is 0 Å². The summed E-state index contributed by atoms with van der Waals surface area (Å²) in [4.78, 5) is 5.06. The molecule has 0 spiro atoms. The lowest BCUT2D eigenvalue weighted by atomic mass is 10.1. The first-order valence-electron chi connectivity index (χ1n) is 6.17. The SMILES string of the molecule is C=C(C)CN1C[C@H](C)N(CC(=C)C)[C@@H](C)C1. The van der Waals surface area contributed by atoms with Crippen LogP contribution in [-0.2, 0) is 0 Å². The molecule has 16 heavy (non-hydrogen) atoms. The Hall–Kier alpha value is -0.600. The smallest absolute Gasteiger partial charge is 0.0201 e. The summed E-state index contributed by atoms with van der Waals surface area (Å²) in [5, 5.41) is 0. The molecule has 2 heteroatoms. The maximum absolute atomic E-state index is 4.02. The minimum absolute atomic E-state index is 0.611. The predicted octanol–water partition coefficient (Wildman–Crippen LogP) is 2.53. The van der Waals surface area contributed by atoms with E-state index in [-0.39, 0.29) is 0 Å². The molecular weight excluding hydrogens is 196 g/mol. The van der Waals surface area contributed by atoms with Crippen molar-refractivity contribution in [2.75, 3.05) is 26.2 Å². The van der Waals surface area contributed by atoms with Gasteiger partial charge in [-0.2, -0.15) is 0 Å². The van der Waals surface area contributed by atoms with Gasteiger partial charge in [0.2, 0.25) is 0 Å². The van der Waals surface area contributed by atoms with Crippen molar-refractivity contribution >= 4 is 0 Å². The highest BCUT2D eigenvalue weighted by molar-refractivity contribution is 4.99. The molecule has 2 atom stereocenters. The second kappa shape index (κ2) is 5.65. The number of rotatable bonds is 4. The largest absolute Gasteiger partial charge is 0.296 e. The summed E-state index contributed by atoms with van der Waals surface area (Å²) in [5.74, 6) is 0. The molecule has 0 saturated carbocycles. The molecule has 1 fully saturated rings. The summed E-state index contributed by atoms with van der Waals surface area (Å²) in [6.45, 7) is 21.2. The normalized spacial score (nSPS) is 28.0. The molecule has 0 bridgehead atoms. The molecule has 1 aliphatic rings. The van der Waals surface area contributed by atoms with E-state index in [2.05, 4.69) is 50.7 Å². The molecule has 2 nitrogen and oxygen atoms in total. The zero-order valence-corrected chi connectivity index (χ0v) is 11.3. The van der Waals surface area contributed by atoms with Crippen molar-refractivity contribution in [1.82, 2.24) is 9.80 Å². The summed E-state index contributed by atoms with van der Waals surface area (Å²) >= 11 is 0. The minimum Gasteiger partial charge on any atom is -0.296 e. The number of piperazine rings is 1. The van der Waals surface area contributed by atoms with Crippen molar-refractivity contribution in [3.05, 3.63) is 24.3 Å². The molecule has 0 amide bonds. The second-order valence-electron chi connectivity index (χ2n) is 5.48. The summed E-state index contributed by atoms with van der Waals surface area (Å²) in [6, 6.07) is 1.22. The lowest BCUT2D eigenvalue weighted by Crippen LogP contribution is -2.57. The van der Waals surface area contributed by atoms with E-state index in [9.17, 15) is 0 Å². The fourth-order valence-corrected chi connectivity index (χ4v) is 2.60. The van der Waals surface area contributed by atoms with Crippen molar-refractivity contribution in [3.8, 4) is 0 Å². The van der Waals surface area contributed by atoms with Gasteiger partial charge in [0.1, 0.15) is 0 Å². The Bertz CT molecular complexity index is 258. The van der Waals surface area contributed by atoms with Gasteiger partial charge in [0, 0.05) is 38.3 Å². The molecule has 1 rings (SSSR count). The zero-order chi connectivity index (χ0) is 12.3. The average molecular weight is 222 g/mol. The van der Waals surface area contributed by atoms with E-state index in [0.717, 1.165) is 26.2 Å². The van der Waals surface area contributed by atoms with E-state index in [1.165, 1.54) is 11.1 Å². The lowest BCUT2D eigenvalue weighted by molar-refractivity contribution is 0.0515. The summed E-state index contributed by atoms with van der Waals surface area (Å²) in [6.07, 6.45) is 0. The van der Waals surface area contributed by atoms with Crippen LogP contribution in [0.15, 0.2) is 24.3 Å². The first-order chi connectivity index (χ1) is 7.40. The fourth-order valence-electron chi connectivity index (χ4n) is 2.60. The lowest BCUT2D eigenvalue weighted by Gasteiger charge is -2.44. The minimum atomic E-state index is 0.611. The zero-order valence-electron chi connectivity index (χ0n) is 11.3. The average Bonchev–Trinajstić information content (AvgIpc) is 2.10. The van der Waals surface area contributed by atoms with Crippen molar-refractivity contribution in [3.63, 3.8) is 0 Å². The third-order valence-electron chi connectivity index (χ3n) is 3.12. The molecule has 0 N–H and O–H groups in total. The molecule has 0 aromatic carbocycles. The van der Waals surface area contributed by atoms with E-state index in [1.54, 1.807) is 0 Å². The van der Waals surface area contributed by atoms with Gasteiger partial charge >= 0.3 is 0 Å². The molecule has 1 saturated heterocycles. The highest BCUT2D eigenvalue weighted by Gasteiger charge is 2.28. The standard InChI is InChI=1S/C14H26N2/c1-11(2)7-15-9-13(5)16(8-12(3)4)14(6)10-15/h13-14H,1,3,7-10H2,2,4-6H3/t13-,14-/m0/s1. The van der Waals surface area contributed by atoms with Gasteiger partial charge in [-0.25, -0.2) is 0 Å². The van der Waals surface area contributed by atoms with Crippen molar-refractivity contribution < 1.29 is 0 Å². The Morgan fingerprint density at radius 3 is 1.81 bits per heavy atom. The molecule has 0 radical (unpaired) electrons. The molecule has 0 aromatic heterocycles. The van der Waals surface area contributed by atoms with Gasteiger partial charge in [0.15, 0.2) is 0 Å². The van der Waals surface area contributed by atoms with Crippen molar-refractivity contribution in [2.24, 2.45) is 0 Å². The van der Waals surface area contributed by atoms with Crippen LogP contribution in [-0.4, -0.2) is 48.1 Å². The summed E-state index contributed by atoms with van der Waals surface area (Å²) in [5.41, 5.74) is 2.51. The van der Waals surface area contributed by atoms with Gasteiger partial charge in [-0.1, -0.05) is 24.3 Å². The number of hydrogen-bond acceptors (Lipinski definition) is 2. The van der Waals surface area contributed by atoms with Crippen LogP contribution in [0.4, 0.5) is 0 Å². The van der Waals surface area contributed by atoms with Gasteiger partial charge in [0.25, 0.3) is 0 Å². The third-order valence-corrected chi connectivity index (χ3v) is 3.12. The Morgan fingerprint density at radius 2 is 1.44 bits per heavy atom. The van der Waals surface area contributed by atoms with E-state index in [0.29, 0.717) is 12.1 Å². The highest BCUT2D eigenvalue weighted by atomic mass is 15.3. The first-order valence-corrected chi connectivity index (χ1v) is 6.17. The van der Waals surface area contributed by atoms with Gasteiger partial charge in [-0.15, -0.1) is 0 Å². The second-order valence-corrected chi connectivity index (χ2v) is 5.48. The van der Waals surface area contributed by atoms with Gasteiger partial charge in [-0.3, -0.25) is 9.80 Å². The molecule has 1 aliphatic heterocycles. The maximum Gasteiger partial charge on any atom is 0.0201 e. The fraction of sp³-hybridized carbons (Fsp3) is 0.714. The Labute approximate surface area is 101 Å². The van der Waals surface area contributed by atoms with Gasteiger partial charge in [0.05, 0.1) is 0 Å². The molecule has 0 unspecified atom stereocenters. The summed E-state index contributed by atoms with van der Waals surface area (Å²) < 4.78 is 0. The molecule has 1 heterocycles. The topological polar surface area (TPSA) is 6.48 Å². The van der Waals surface area contributed by atoms with Crippen LogP contribution in [0.25, 0.3) is 0 Å². The molecule has 0 aliphatic carbocycles. The highest BCUT2D eigenvalue weighted by Crippen LogP contribution is 2.17. The van der Waals surface area contributed by atoms with E-state index in [1.807, 2.05) is 0 Å². The predicted molar refractivity (Wildman–Crippen MR) is 71.7 cm³/mol. The van der Waals surface area contributed by atoms with Crippen LogP contribution >= 0.6 is 0 Å². The van der Waals surface area contributed by atoms with Crippen LogP contribution in [0.5, 0.6) is 0 Å². The van der Waals surface area contributed by atoms with Gasteiger partial charge in [-0.05, 0) is 27.7 Å². The van der Waals surface area contributed by atoms with Crippen molar-refractivity contribution in [2.45, 2.75) is 39.8 Å². The molecular formula is C14H26N2. The van der Waals surface area contributed by atoms with Gasteiger partial charge < -0.3 is 0 Å². The number of hydrogen-bond donors (Lipinski definition) is 0. The third kappa shape index (κ3) is 3.76. The number of nitrogens with zero attached hydrogens (tertiary/aromatic N) is 2. The van der Waals surface area contributed by atoms with Crippen LogP contribution in [0.2, 0.25) is 0 Å². The van der Waals surface area contributed by atoms with E-state index in [4.69, 9.17) is 0 Å². The first kappa shape index (κ1) is 13.5.